The predicted octanol–water partition coefficient (Wildman–Crippen LogP) is 4.18. The molecule has 5 heteroatoms. The average Bonchev–Trinajstić information content (AvgIpc) is 2.57. The van der Waals surface area contributed by atoms with Gasteiger partial charge in [-0.1, -0.05) is 29.8 Å². The standard InChI is InChI=1S/C19H21NO4/c1-13-5-6-14(2)16(9-13)12-17(20(21)22)10-15-7-8-18(23-3)19(11-15)24-4/h5-11H,12H2,1-4H3/b17-10+. The summed E-state index contributed by atoms with van der Waals surface area (Å²) in [7, 11) is 3.09. The topological polar surface area (TPSA) is 61.6 Å². The Morgan fingerprint density at radius 3 is 2.42 bits per heavy atom. The molecule has 0 fully saturated rings. The smallest absolute Gasteiger partial charge is 0.251 e. The highest BCUT2D eigenvalue weighted by atomic mass is 16.6. The Morgan fingerprint density at radius 1 is 1.08 bits per heavy atom. The number of nitro groups is 1. The Hall–Kier alpha value is -2.82. The van der Waals surface area contributed by atoms with Crippen LogP contribution in [0, 0.1) is 24.0 Å². The van der Waals surface area contributed by atoms with Gasteiger partial charge in [0.2, 0.25) is 0 Å². The minimum absolute atomic E-state index is 0.135. The maximum absolute atomic E-state index is 11.5. The number of benzene rings is 2. The molecule has 0 saturated heterocycles. The first-order chi connectivity index (χ1) is 11.4. The van der Waals surface area contributed by atoms with Gasteiger partial charge in [-0.2, -0.15) is 0 Å². The van der Waals surface area contributed by atoms with Gasteiger partial charge in [0.15, 0.2) is 11.5 Å². The summed E-state index contributed by atoms with van der Waals surface area (Å²) in [5.74, 6) is 1.13. The van der Waals surface area contributed by atoms with E-state index in [2.05, 4.69) is 0 Å². The lowest BCUT2D eigenvalue weighted by atomic mass is 10.0. The Bertz CT molecular complexity index is 781. The fraction of sp³-hybridized carbons (Fsp3) is 0.263. The molecule has 0 unspecified atom stereocenters. The highest BCUT2D eigenvalue weighted by Crippen LogP contribution is 2.29. The fourth-order valence-electron chi connectivity index (χ4n) is 2.49. The lowest BCUT2D eigenvalue weighted by Gasteiger charge is -2.08. The number of hydrogen-bond acceptors (Lipinski definition) is 4. The molecule has 0 saturated carbocycles. The maximum Gasteiger partial charge on any atom is 0.251 e. The van der Waals surface area contributed by atoms with Crippen LogP contribution >= 0.6 is 0 Å². The van der Waals surface area contributed by atoms with Crippen molar-refractivity contribution in [3.05, 3.63) is 74.5 Å². The second kappa shape index (κ2) is 7.64. The number of aryl methyl sites for hydroxylation is 2. The molecule has 0 heterocycles. The van der Waals surface area contributed by atoms with Crippen molar-refractivity contribution in [3.8, 4) is 11.5 Å². The van der Waals surface area contributed by atoms with E-state index in [1.165, 1.54) is 7.11 Å². The predicted molar refractivity (Wildman–Crippen MR) is 94.1 cm³/mol. The van der Waals surface area contributed by atoms with Gasteiger partial charge in [0.25, 0.3) is 5.70 Å². The van der Waals surface area contributed by atoms with Gasteiger partial charge >= 0.3 is 0 Å². The van der Waals surface area contributed by atoms with E-state index in [9.17, 15) is 10.1 Å². The van der Waals surface area contributed by atoms with Gasteiger partial charge in [0.1, 0.15) is 0 Å². The van der Waals surface area contributed by atoms with E-state index in [-0.39, 0.29) is 17.0 Å². The van der Waals surface area contributed by atoms with Crippen LogP contribution < -0.4 is 9.47 Å². The summed E-state index contributed by atoms with van der Waals surface area (Å²) in [5, 5.41) is 11.5. The van der Waals surface area contributed by atoms with Crippen molar-refractivity contribution in [3.63, 3.8) is 0 Å². The summed E-state index contributed by atoms with van der Waals surface area (Å²) in [6.07, 6.45) is 1.85. The van der Waals surface area contributed by atoms with Gasteiger partial charge in [-0.3, -0.25) is 10.1 Å². The van der Waals surface area contributed by atoms with Crippen LogP contribution in [-0.4, -0.2) is 19.1 Å². The number of methoxy groups -OCH3 is 2. The fourth-order valence-corrected chi connectivity index (χ4v) is 2.49. The molecule has 0 atom stereocenters. The van der Waals surface area contributed by atoms with Crippen molar-refractivity contribution in [1.82, 2.24) is 0 Å². The Labute approximate surface area is 141 Å². The molecular weight excluding hydrogens is 306 g/mol. The molecule has 5 nitrogen and oxygen atoms in total. The molecule has 2 aromatic rings. The minimum atomic E-state index is -0.335. The molecular formula is C19H21NO4. The maximum atomic E-state index is 11.5. The number of ether oxygens (including phenoxy) is 2. The molecule has 0 aliphatic carbocycles. The average molecular weight is 327 g/mol. The van der Waals surface area contributed by atoms with Crippen molar-refractivity contribution >= 4 is 6.08 Å². The Morgan fingerprint density at radius 2 is 1.79 bits per heavy atom. The van der Waals surface area contributed by atoms with Gasteiger partial charge in [-0.25, -0.2) is 0 Å². The zero-order valence-electron chi connectivity index (χ0n) is 14.3. The minimum Gasteiger partial charge on any atom is -0.493 e. The summed E-state index contributed by atoms with van der Waals surface area (Å²) in [4.78, 5) is 11.1. The molecule has 0 aliphatic rings. The highest BCUT2D eigenvalue weighted by Gasteiger charge is 2.14. The lowest BCUT2D eigenvalue weighted by Crippen LogP contribution is -2.04. The second-order valence-electron chi connectivity index (χ2n) is 5.61. The monoisotopic (exact) mass is 327 g/mol. The highest BCUT2D eigenvalue weighted by molar-refractivity contribution is 5.57. The molecule has 126 valence electrons. The van der Waals surface area contributed by atoms with Gasteiger partial charge in [0.05, 0.1) is 25.6 Å². The van der Waals surface area contributed by atoms with E-state index in [0.717, 1.165) is 16.7 Å². The summed E-state index contributed by atoms with van der Waals surface area (Å²) < 4.78 is 10.4. The van der Waals surface area contributed by atoms with Crippen LogP contribution in [0.4, 0.5) is 0 Å². The van der Waals surface area contributed by atoms with E-state index in [1.54, 1.807) is 31.4 Å². The van der Waals surface area contributed by atoms with Crippen LogP contribution in [-0.2, 0) is 6.42 Å². The normalized spacial score (nSPS) is 11.2. The third-order valence-corrected chi connectivity index (χ3v) is 3.85. The summed E-state index contributed by atoms with van der Waals surface area (Å²) in [6.45, 7) is 3.94. The number of rotatable bonds is 6. The molecule has 0 radical (unpaired) electrons. The summed E-state index contributed by atoms with van der Waals surface area (Å²) in [5.41, 5.74) is 3.92. The van der Waals surface area contributed by atoms with Crippen LogP contribution in [0.2, 0.25) is 0 Å². The van der Waals surface area contributed by atoms with Crippen molar-refractivity contribution in [2.45, 2.75) is 20.3 Å². The Balaban J connectivity index is 2.38. The zero-order chi connectivity index (χ0) is 17.7. The van der Waals surface area contributed by atoms with Crippen LogP contribution in [0.15, 0.2) is 42.1 Å². The van der Waals surface area contributed by atoms with Crippen molar-refractivity contribution in [1.29, 1.82) is 0 Å². The number of allylic oxidation sites excluding steroid dienone is 1. The largest absolute Gasteiger partial charge is 0.493 e. The van der Waals surface area contributed by atoms with Gasteiger partial charge in [-0.05, 0) is 42.7 Å². The van der Waals surface area contributed by atoms with Gasteiger partial charge < -0.3 is 9.47 Å². The molecule has 24 heavy (non-hydrogen) atoms. The van der Waals surface area contributed by atoms with E-state index in [4.69, 9.17) is 9.47 Å². The van der Waals surface area contributed by atoms with Crippen molar-refractivity contribution in [2.24, 2.45) is 0 Å². The zero-order valence-corrected chi connectivity index (χ0v) is 14.3. The van der Waals surface area contributed by atoms with Crippen LogP contribution in [0.25, 0.3) is 6.08 Å². The van der Waals surface area contributed by atoms with Crippen LogP contribution in [0.5, 0.6) is 11.5 Å². The van der Waals surface area contributed by atoms with Crippen LogP contribution in [0.3, 0.4) is 0 Å². The first kappa shape index (κ1) is 17.5. The molecule has 0 spiro atoms. The first-order valence-electron chi connectivity index (χ1n) is 7.57. The summed E-state index contributed by atoms with van der Waals surface area (Å²) >= 11 is 0. The third-order valence-electron chi connectivity index (χ3n) is 3.85. The molecule has 0 N–H and O–H groups in total. The van der Waals surface area contributed by atoms with Gasteiger partial charge in [-0.15, -0.1) is 0 Å². The SMILES string of the molecule is COc1ccc(/C=C(\Cc2cc(C)ccc2C)[N+](=O)[O-])cc1OC. The molecule has 0 aromatic heterocycles. The first-order valence-corrected chi connectivity index (χ1v) is 7.57. The van der Waals surface area contributed by atoms with E-state index < -0.39 is 0 Å². The number of nitrogens with zero attached hydrogens (tertiary/aromatic N) is 1. The van der Waals surface area contributed by atoms with E-state index in [0.29, 0.717) is 17.1 Å². The third kappa shape index (κ3) is 4.13. The van der Waals surface area contributed by atoms with E-state index >= 15 is 0 Å². The number of hydrogen-bond donors (Lipinski definition) is 0. The molecule has 2 aromatic carbocycles. The van der Waals surface area contributed by atoms with E-state index in [1.807, 2.05) is 32.0 Å². The molecule has 0 amide bonds. The molecule has 2 rings (SSSR count). The summed E-state index contributed by atoms with van der Waals surface area (Å²) in [6, 6.07) is 11.2. The molecule has 0 aliphatic heterocycles. The van der Waals surface area contributed by atoms with Crippen molar-refractivity contribution in [2.75, 3.05) is 14.2 Å². The van der Waals surface area contributed by atoms with Crippen molar-refractivity contribution < 1.29 is 14.4 Å². The quantitative estimate of drug-likeness (QED) is 0.590. The van der Waals surface area contributed by atoms with Crippen LogP contribution in [0.1, 0.15) is 22.3 Å². The van der Waals surface area contributed by atoms with Gasteiger partial charge in [0, 0.05) is 6.08 Å². The Kier molecular flexibility index (Phi) is 5.58. The lowest BCUT2D eigenvalue weighted by molar-refractivity contribution is -0.425. The molecule has 0 bridgehead atoms. The second-order valence-corrected chi connectivity index (χ2v) is 5.61.